The number of aryl methyl sites for hydroxylation is 1. The zero-order valence-corrected chi connectivity index (χ0v) is 13.2. The van der Waals surface area contributed by atoms with Gasteiger partial charge in [0.15, 0.2) is 0 Å². The summed E-state index contributed by atoms with van der Waals surface area (Å²) in [5, 5.41) is 0. The highest BCUT2D eigenvalue weighted by Gasteiger charge is 2.22. The molecule has 0 amide bonds. The van der Waals surface area contributed by atoms with Crippen LogP contribution < -0.4 is 5.73 Å². The minimum atomic E-state index is -3.59. The third-order valence-corrected chi connectivity index (χ3v) is 5.32. The largest absolute Gasteiger partial charge is 0.327 e. The Morgan fingerprint density at radius 1 is 1.35 bits per heavy atom. The van der Waals surface area contributed by atoms with E-state index in [1.54, 1.807) is 6.92 Å². The number of hydrogen-bond acceptors (Lipinski definition) is 3. The van der Waals surface area contributed by atoms with Crippen LogP contribution in [0.1, 0.15) is 25.8 Å². The Morgan fingerprint density at radius 2 is 1.95 bits per heavy atom. The van der Waals surface area contributed by atoms with Crippen LogP contribution in [-0.4, -0.2) is 32.4 Å². The predicted octanol–water partition coefficient (Wildman–Crippen LogP) is 2.13. The predicted molar refractivity (Wildman–Crippen MR) is 78.4 cm³/mol. The first kappa shape index (κ1) is 17.1. The molecular weight excluding hydrogens is 279 g/mol. The molecule has 0 aliphatic heterocycles. The fourth-order valence-corrected chi connectivity index (χ4v) is 3.01. The molecule has 114 valence electrons. The Kier molecular flexibility index (Phi) is 5.68. The molecule has 0 saturated heterocycles. The molecule has 0 aliphatic rings. The molecule has 6 heteroatoms. The molecular formula is C14H23FN2O2S. The van der Waals surface area contributed by atoms with Crippen molar-refractivity contribution in [3.8, 4) is 0 Å². The van der Waals surface area contributed by atoms with Gasteiger partial charge in [-0.15, -0.1) is 0 Å². The Bertz CT molecular complexity index is 558. The molecule has 1 rings (SSSR count). The summed E-state index contributed by atoms with van der Waals surface area (Å²) in [6, 6.07) is 3.78. The van der Waals surface area contributed by atoms with Gasteiger partial charge in [0.2, 0.25) is 10.0 Å². The van der Waals surface area contributed by atoms with Crippen LogP contribution in [0, 0.1) is 18.7 Å². The van der Waals surface area contributed by atoms with Gasteiger partial charge in [0, 0.05) is 19.6 Å². The lowest BCUT2D eigenvalue weighted by molar-refractivity contribution is 0.397. The van der Waals surface area contributed by atoms with Crippen LogP contribution in [0.25, 0.3) is 0 Å². The fourth-order valence-electron chi connectivity index (χ4n) is 1.74. The number of nitrogens with two attached hydrogens (primary N) is 1. The van der Waals surface area contributed by atoms with Gasteiger partial charge in [-0.3, -0.25) is 0 Å². The number of halogens is 1. The van der Waals surface area contributed by atoms with E-state index in [4.69, 9.17) is 5.73 Å². The van der Waals surface area contributed by atoms with Crippen molar-refractivity contribution in [3.05, 3.63) is 29.6 Å². The second-order valence-electron chi connectivity index (χ2n) is 5.43. The number of hydrogen-bond donors (Lipinski definition) is 1. The second-order valence-corrected chi connectivity index (χ2v) is 7.48. The Morgan fingerprint density at radius 3 is 2.45 bits per heavy atom. The van der Waals surface area contributed by atoms with E-state index < -0.39 is 15.8 Å². The first-order valence-electron chi connectivity index (χ1n) is 6.64. The van der Waals surface area contributed by atoms with Crippen molar-refractivity contribution in [2.24, 2.45) is 11.7 Å². The molecule has 0 saturated carbocycles. The van der Waals surface area contributed by atoms with Gasteiger partial charge in [0.25, 0.3) is 0 Å². The molecule has 4 nitrogen and oxygen atoms in total. The van der Waals surface area contributed by atoms with E-state index in [1.807, 2.05) is 13.8 Å². The maximum absolute atomic E-state index is 13.2. The maximum atomic E-state index is 13.2. The Labute approximate surface area is 120 Å². The lowest BCUT2D eigenvalue weighted by Crippen LogP contribution is -2.34. The molecule has 1 aromatic carbocycles. The van der Waals surface area contributed by atoms with Gasteiger partial charge in [-0.25, -0.2) is 17.1 Å². The van der Waals surface area contributed by atoms with Gasteiger partial charge in [-0.05, 0) is 43.0 Å². The molecule has 0 aromatic heterocycles. The lowest BCUT2D eigenvalue weighted by Gasteiger charge is -2.21. The summed E-state index contributed by atoms with van der Waals surface area (Å²) in [5.41, 5.74) is 6.24. The molecule has 1 unspecified atom stereocenters. The normalized spacial score (nSPS) is 14.0. The van der Waals surface area contributed by atoms with Gasteiger partial charge >= 0.3 is 0 Å². The molecule has 1 atom stereocenters. The number of benzene rings is 1. The summed E-state index contributed by atoms with van der Waals surface area (Å²) >= 11 is 0. The summed E-state index contributed by atoms with van der Waals surface area (Å²) in [6.07, 6.45) is 0.591. The van der Waals surface area contributed by atoms with E-state index in [1.165, 1.54) is 29.6 Å². The van der Waals surface area contributed by atoms with Gasteiger partial charge in [-0.2, -0.15) is 0 Å². The molecule has 2 N–H and O–H groups in total. The van der Waals surface area contributed by atoms with Crippen LogP contribution in [0.3, 0.4) is 0 Å². The third kappa shape index (κ3) is 4.01. The number of rotatable bonds is 6. The third-order valence-electron chi connectivity index (χ3n) is 3.47. The van der Waals surface area contributed by atoms with Crippen molar-refractivity contribution < 1.29 is 12.8 Å². The van der Waals surface area contributed by atoms with E-state index in [0.29, 0.717) is 24.4 Å². The number of nitrogens with zero attached hydrogens (tertiary/aromatic N) is 1. The van der Waals surface area contributed by atoms with Gasteiger partial charge in [-0.1, -0.05) is 13.8 Å². The van der Waals surface area contributed by atoms with E-state index in [0.717, 1.165) is 0 Å². The molecule has 0 spiro atoms. The Hall–Kier alpha value is -0.980. The minimum absolute atomic E-state index is 0.0393. The summed E-state index contributed by atoms with van der Waals surface area (Å²) in [7, 11) is -2.07. The summed E-state index contributed by atoms with van der Waals surface area (Å²) < 4.78 is 39.2. The zero-order chi connectivity index (χ0) is 15.5. The first-order chi connectivity index (χ1) is 9.16. The monoisotopic (exact) mass is 302 g/mol. The van der Waals surface area contributed by atoms with E-state index in [-0.39, 0.29) is 10.9 Å². The highest BCUT2D eigenvalue weighted by Crippen LogP contribution is 2.18. The molecule has 20 heavy (non-hydrogen) atoms. The van der Waals surface area contributed by atoms with Crippen LogP contribution in [-0.2, 0) is 10.0 Å². The highest BCUT2D eigenvalue weighted by molar-refractivity contribution is 7.89. The standard InChI is InChI=1S/C14H23FN2O2S/c1-10(2)14(16)7-8-17(4)20(18,19)12-5-6-13(15)11(3)9-12/h5-6,9-10,14H,7-8,16H2,1-4H3. The molecule has 1 aromatic rings. The average molecular weight is 302 g/mol. The molecule has 0 heterocycles. The smallest absolute Gasteiger partial charge is 0.242 e. The zero-order valence-electron chi connectivity index (χ0n) is 12.4. The van der Waals surface area contributed by atoms with Gasteiger partial charge in [0.05, 0.1) is 4.90 Å². The highest BCUT2D eigenvalue weighted by atomic mass is 32.2. The van der Waals surface area contributed by atoms with Crippen LogP contribution in [0.5, 0.6) is 0 Å². The Balaban J connectivity index is 2.84. The average Bonchev–Trinajstić information content (AvgIpc) is 2.38. The quantitative estimate of drug-likeness (QED) is 0.875. The van der Waals surface area contributed by atoms with Crippen LogP contribution >= 0.6 is 0 Å². The first-order valence-corrected chi connectivity index (χ1v) is 8.08. The molecule has 0 aliphatic carbocycles. The summed E-state index contributed by atoms with van der Waals surface area (Å²) in [4.78, 5) is 0.108. The van der Waals surface area contributed by atoms with E-state index in [2.05, 4.69) is 0 Å². The molecule has 0 fully saturated rings. The van der Waals surface area contributed by atoms with Crippen LogP contribution in [0.2, 0.25) is 0 Å². The van der Waals surface area contributed by atoms with Crippen molar-refractivity contribution in [3.63, 3.8) is 0 Å². The van der Waals surface area contributed by atoms with Crippen LogP contribution in [0.15, 0.2) is 23.1 Å². The van der Waals surface area contributed by atoms with Crippen molar-refractivity contribution in [1.29, 1.82) is 0 Å². The SMILES string of the molecule is Cc1cc(S(=O)(=O)N(C)CCC(N)C(C)C)ccc1F. The van der Waals surface area contributed by atoms with Crippen molar-refractivity contribution in [2.45, 2.75) is 38.1 Å². The summed E-state index contributed by atoms with van der Waals surface area (Å²) in [6.45, 7) is 5.89. The van der Waals surface area contributed by atoms with Gasteiger partial charge < -0.3 is 5.73 Å². The maximum Gasteiger partial charge on any atom is 0.242 e. The second kappa shape index (κ2) is 6.65. The fraction of sp³-hybridized carbons (Fsp3) is 0.571. The van der Waals surface area contributed by atoms with E-state index in [9.17, 15) is 12.8 Å². The molecule has 0 radical (unpaired) electrons. The topological polar surface area (TPSA) is 63.4 Å². The van der Waals surface area contributed by atoms with Crippen molar-refractivity contribution in [1.82, 2.24) is 4.31 Å². The van der Waals surface area contributed by atoms with Crippen molar-refractivity contribution >= 4 is 10.0 Å². The van der Waals surface area contributed by atoms with E-state index >= 15 is 0 Å². The van der Waals surface area contributed by atoms with Crippen molar-refractivity contribution in [2.75, 3.05) is 13.6 Å². The molecule has 0 bridgehead atoms. The van der Waals surface area contributed by atoms with Gasteiger partial charge in [0.1, 0.15) is 5.82 Å². The van der Waals surface area contributed by atoms with Crippen LogP contribution in [0.4, 0.5) is 4.39 Å². The summed E-state index contributed by atoms with van der Waals surface area (Å²) in [5.74, 6) is -0.104. The number of sulfonamides is 1. The lowest BCUT2D eigenvalue weighted by atomic mass is 10.0. The minimum Gasteiger partial charge on any atom is -0.327 e.